The maximum atomic E-state index is 13.3. The molecule has 1 atom stereocenters. The van der Waals surface area contributed by atoms with Crippen LogP contribution in [0.2, 0.25) is 0 Å². The molecule has 0 spiro atoms. The Morgan fingerprint density at radius 2 is 1.82 bits per heavy atom. The minimum Gasteiger partial charge on any atom is -0.326 e. The molecule has 1 unspecified atom stereocenters. The van der Waals surface area contributed by atoms with Crippen molar-refractivity contribution in [3.8, 4) is 16.9 Å². The van der Waals surface area contributed by atoms with Crippen LogP contribution in [0.5, 0.6) is 0 Å². The van der Waals surface area contributed by atoms with Crippen LogP contribution in [-0.4, -0.2) is 43.9 Å². The van der Waals surface area contributed by atoms with Crippen LogP contribution in [0.3, 0.4) is 0 Å². The first-order chi connectivity index (χ1) is 13.6. The summed E-state index contributed by atoms with van der Waals surface area (Å²) in [6, 6.07) is 6.86. The molecular weight excluding hydrogens is 353 g/mol. The van der Waals surface area contributed by atoms with Gasteiger partial charge in [-0.2, -0.15) is 5.10 Å². The van der Waals surface area contributed by atoms with Crippen LogP contribution in [0.1, 0.15) is 43.6 Å². The van der Waals surface area contributed by atoms with Gasteiger partial charge in [0.15, 0.2) is 0 Å². The summed E-state index contributed by atoms with van der Waals surface area (Å²) in [5, 5.41) is 4.74. The molecule has 6 heteroatoms. The Hall–Kier alpha value is -2.47. The molecule has 0 bridgehead atoms. The van der Waals surface area contributed by atoms with Crippen molar-refractivity contribution >= 4 is 0 Å². The van der Waals surface area contributed by atoms with Crippen LogP contribution in [-0.2, 0) is 0 Å². The molecule has 28 heavy (non-hydrogen) atoms. The van der Waals surface area contributed by atoms with E-state index in [-0.39, 0.29) is 5.82 Å². The minimum absolute atomic E-state index is 0.240. The number of aromatic nitrogens is 4. The van der Waals surface area contributed by atoms with Crippen LogP contribution in [0, 0.1) is 19.7 Å². The molecule has 0 saturated carbocycles. The van der Waals surface area contributed by atoms with Gasteiger partial charge in [0.2, 0.25) is 0 Å². The molecule has 1 aliphatic rings. The van der Waals surface area contributed by atoms with Gasteiger partial charge in [-0.25, -0.2) is 14.1 Å². The van der Waals surface area contributed by atoms with Crippen LogP contribution in [0.15, 0.2) is 36.8 Å². The zero-order valence-corrected chi connectivity index (χ0v) is 16.9. The average molecular weight is 381 g/mol. The summed E-state index contributed by atoms with van der Waals surface area (Å²) in [7, 11) is 0. The summed E-state index contributed by atoms with van der Waals surface area (Å²) in [5.74, 6) is -0.240. The number of hydrogen-bond acceptors (Lipinski definition) is 3. The Bertz CT molecular complexity index is 934. The summed E-state index contributed by atoms with van der Waals surface area (Å²) in [5.41, 5.74) is 5.08. The Balaban J connectivity index is 1.70. The van der Waals surface area contributed by atoms with E-state index in [1.807, 2.05) is 24.1 Å². The molecule has 0 aliphatic carbocycles. The van der Waals surface area contributed by atoms with E-state index in [0.29, 0.717) is 6.04 Å². The van der Waals surface area contributed by atoms with Crippen molar-refractivity contribution in [3.05, 3.63) is 54.0 Å². The molecule has 0 radical (unpaired) electrons. The van der Waals surface area contributed by atoms with E-state index in [1.165, 1.54) is 38.1 Å². The molecule has 3 heterocycles. The molecule has 1 fully saturated rings. The Morgan fingerprint density at radius 3 is 2.50 bits per heavy atom. The lowest BCUT2D eigenvalue weighted by Gasteiger charge is -2.25. The highest BCUT2D eigenvalue weighted by molar-refractivity contribution is 5.66. The van der Waals surface area contributed by atoms with Gasteiger partial charge in [-0.1, -0.05) is 6.92 Å². The fourth-order valence-corrected chi connectivity index (χ4v) is 4.31. The molecule has 1 aliphatic heterocycles. The van der Waals surface area contributed by atoms with Gasteiger partial charge in [0.25, 0.3) is 0 Å². The Labute approximate surface area is 165 Å². The molecule has 3 aromatic rings. The van der Waals surface area contributed by atoms with Crippen molar-refractivity contribution in [1.82, 2.24) is 24.2 Å². The second-order valence-electron chi connectivity index (χ2n) is 7.69. The maximum Gasteiger partial charge on any atom is 0.123 e. The lowest BCUT2D eigenvalue weighted by molar-refractivity contribution is 0.273. The molecule has 1 saturated heterocycles. The first kappa shape index (κ1) is 18.9. The topological polar surface area (TPSA) is 38.9 Å². The normalized spacial score (nSPS) is 16.0. The second-order valence-corrected chi connectivity index (χ2v) is 7.69. The number of halogens is 1. The van der Waals surface area contributed by atoms with E-state index < -0.39 is 0 Å². The summed E-state index contributed by atoms with van der Waals surface area (Å²) in [4.78, 5) is 7.03. The molecular formula is C22H28FN5. The second kappa shape index (κ2) is 7.87. The number of aryl methyl sites for hydroxylation is 1. The number of imidazole rings is 1. The Morgan fingerprint density at radius 1 is 1.11 bits per heavy atom. The molecule has 0 N–H and O–H groups in total. The van der Waals surface area contributed by atoms with Gasteiger partial charge < -0.3 is 9.47 Å². The maximum absolute atomic E-state index is 13.3. The van der Waals surface area contributed by atoms with Gasteiger partial charge in [-0.15, -0.1) is 0 Å². The summed E-state index contributed by atoms with van der Waals surface area (Å²) >= 11 is 0. The predicted octanol–water partition coefficient (Wildman–Crippen LogP) is 4.54. The fraction of sp³-hybridized carbons (Fsp3) is 0.455. The Kier molecular flexibility index (Phi) is 5.31. The van der Waals surface area contributed by atoms with Crippen molar-refractivity contribution < 1.29 is 4.39 Å². The van der Waals surface area contributed by atoms with Crippen LogP contribution in [0.25, 0.3) is 16.9 Å². The fourth-order valence-electron chi connectivity index (χ4n) is 4.31. The summed E-state index contributed by atoms with van der Waals surface area (Å²) in [6.45, 7) is 9.79. The molecule has 148 valence electrons. The zero-order valence-electron chi connectivity index (χ0n) is 16.9. The average Bonchev–Trinajstić information content (AvgIpc) is 3.42. The first-order valence-electron chi connectivity index (χ1n) is 10.1. The van der Waals surface area contributed by atoms with Gasteiger partial charge in [-0.3, -0.25) is 0 Å². The van der Waals surface area contributed by atoms with E-state index in [1.54, 1.807) is 12.1 Å². The zero-order chi connectivity index (χ0) is 19.7. The van der Waals surface area contributed by atoms with Crippen LogP contribution in [0.4, 0.5) is 4.39 Å². The van der Waals surface area contributed by atoms with E-state index >= 15 is 0 Å². The van der Waals surface area contributed by atoms with Gasteiger partial charge in [-0.05, 0) is 70.5 Å². The number of benzene rings is 1. The third-order valence-corrected chi connectivity index (χ3v) is 5.82. The number of rotatable bonds is 6. The highest BCUT2D eigenvalue weighted by Gasteiger charge is 2.23. The van der Waals surface area contributed by atoms with E-state index in [0.717, 1.165) is 41.3 Å². The number of hydrogen-bond donors (Lipinski definition) is 0. The molecule has 2 aromatic heterocycles. The number of nitrogens with zero attached hydrogens (tertiary/aromatic N) is 5. The minimum atomic E-state index is -0.240. The van der Waals surface area contributed by atoms with Crippen molar-refractivity contribution in [2.45, 2.75) is 46.1 Å². The van der Waals surface area contributed by atoms with Crippen molar-refractivity contribution in [2.75, 3.05) is 19.6 Å². The van der Waals surface area contributed by atoms with Gasteiger partial charge in [0, 0.05) is 18.2 Å². The number of likely N-dealkylation sites (tertiary alicyclic amines) is 1. The van der Waals surface area contributed by atoms with Crippen molar-refractivity contribution in [1.29, 1.82) is 0 Å². The van der Waals surface area contributed by atoms with Crippen molar-refractivity contribution in [2.24, 2.45) is 0 Å². The van der Waals surface area contributed by atoms with Crippen LogP contribution < -0.4 is 0 Å². The van der Waals surface area contributed by atoms with Gasteiger partial charge >= 0.3 is 0 Å². The molecule has 1 aromatic carbocycles. The van der Waals surface area contributed by atoms with E-state index in [9.17, 15) is 4.39 Å². The quantitative estimate of drug-likeness (QED) is 0.629. The predicted molar refractivity (Wildman–Crippen MR) is 109 cm³/mol. The molecule has 0 amide bonds. The smallest absolute Gasteiger partial charge is 0.123 e. The SMILES string of the molecule is CCC(CN1CCCC1)n1cncc1-c1c(C)nn(-c2ccc(F)cc2)c1C. The lowest BCUT2D eigenvalue weighted by atomic mass is 10.1. The third kappa shape index (κ3) is 3.49. The lowest BCUT2D eigenvalue weighted by Crippen LogP contribution is -2.28. The van der Waals surface area contributed by atoms with E-state index in [4.69, 9.17) is 5.10 Å². The van der Waals surface area contributed by atoms with E-state index in [2.05, 4.69) is 28.3 Å². The molecule has 4 rings (SSSR count). The third-order valence-electron chi connectivity index (χ3n) is 5.82. The van der Waals surface area contributed by atoms with Gasteiger partial charge in [0.05, 0.1) is 35.3 Å². The largest absolute Gasteiger partial charge is 0.326 e. The monoisotopic (exact) mass is 381 g/mol. The standard InChI is InChI=1S/C22H28FN5/c1-4-19(14-26-11-5-6-12-26)27-15-24-13-21(27)22-16(2)25-28(17(22)3)20-9-7-18(23)8-10-20/h7-10,13,15,19H,4-6,11-12,14H2,1-3H3. The van der Waals surface area contributed by atoms with Gasteiger partial charge in [0.1, 0.15) is 5.82 Å². The highest BCUT2D eigenvalue weighted by Crippen LogP contribution is 2.31. The molecule has 5 nitrogen and oxygen atoms in total. The first-order valence-corrected chi connectivity index (χ1v) is 10.1. The summed E-state index contributed by atoms with van der Waals surface area (Å²) in [6.07, 6.45) is 7.56. The highest BCUT2D eigenvalue weighted by atomic mass is 19.1. The van der Waals surface area contributed by atoms with Crippen molar-refractivity contribution in [3.63, 3.8) is 0 Å². The summed E-state index contributed by atoms with van der Waals surface area (Å²) < 4.78 is 17.5. The van der Waals surface area contributed by atoms with Crippen LogP contribution >= 0.6 is 0 Å².